The van der Waals surface area contributed by atoms with E-state index in [-0.39, 0.29) is 0 Å². The van der Waals surface area contributed by atoms with Crippen LogP contribution in [0.15, 0.2) is 24.3 Å². The number of rotatable bonds is 3. The van der Waals surface area contributed by atoms with Crippen molar-refractivity contribution in [3.05, 3.63) is 39.7 Å². The van der Waals surface area contributed by atoms with Gasteiger partial charge < -0.3 is 9.84 Å². The lowest BCUT2D eigenvalue weighted by molar-refractivity contribution is 0.0702. The minimum Gasteiger partial charge on any atom is -0.495 e. The maximum Gasteiger partial charge on any atom is 0.345 e. The number of halogens is 1. The fourth-order valence-electron chi connectivity index (χ4n) is 1.68. The van der Waals surface area contributed by atoms with Gasteiger partial charge >= 0.3 is 5.97 Å². The zero-order valence-corrected chi connectivity index (χ0v) is 11.4. The minimum atomic E-state index is -0.907. The van der Waals surface area contributed by atoms with Crippen molar-refractivity contribution < 1.29 is 14.6 Å². The summed E-state index contributed by atoms with van der Waals surface area (Å²) < 4.78 is 5.16. The van der Waals surface area contributed by atoms with Gasteiger partial charge in [0.05, 0.1) is 12.1 Å². The summed E-state index contributed by atoms with van der Waals surface area (Å²) in [5.74, 6) is -0.325. The van der Waals surface area contributed by atoms with Crippen molar-refractivity contribution in [1.82, 2.24) is 0 Å². The number of thiophene rings is 1. The molecule has 0 saturated carbocycles. The van der Waals surface area contributed by atoms with Crippen LogP contribution in [0.1, 0.15) is 15.2 Å². The Labute approximate surface area is 114 Å². The van der Waals surface area contributed by atoms with E-state index >= 15 is 0 Å². The molecule has 1 aromatic heterocycles. The number of aryl methyl sites for hydroxylation is 1. The second-order valence-corrected chi connectivity index (χ2v) is 5.24. The van der Waals surface area contributed by atoms with E-state index in [4.69, 9.17) is 21.4 Å². The molecule has 0 radical (unpaired) electrons. The molecule has 2 rings (SSSR count). The first-order valence-electron chi connectivity index (χ1n) is 5.20. The van der Waals surface area contributed by atoms with Crippen LogP contribution in [-0.4, -0.2) is 18.2 Å². The Kier molecular flexibility index (Phi) is 3.59. The van der Waals surface area contributed by atoms with Gasteiger partial charge in [-0.2, -0.15) is 0 Å². The summed E-state index contributed by atoms with van der Waals surface area (Å²) in [6.07, 6.45) is 0. The third-order valence-corrected chi connectivity index (χ3v) is 4.13. The van der Waals surface area contributed by atoms with E-state index in [1.807, 2.05) is 19.1 Å². The molecule has 3 nitrogen and oxygen atoms in total. The third-order valence-electron chi connectivity index (χ3n) is 2.54. The van der Waals surface area contributed by atoms with Crippen molar-refractivity contribution in [2.75, 3.05) is 7.11 Å². The summed E-state index contributed by atoms with van der Waals surface area (Å²) in [4.78, 5) is 12.2. The molecule has 2 aromatic rings. The van der Waals surface area contributed by atoms with Crippen LogP contribution in [0.5, 0.6) is 5.75 Å². The van der Waals surface area contributed by atoms with Crippen molar-refractivity contribution in [2.45, 2.75) is 6.92 Å². The van der Waals surface area contributed by atoms with Crippen molar-refractivity contribution >= 4 is 28.9 Å². The molecule has 0 saturated heterocycles. The Hall–Kier alpha value is -1.52. The highest BCUT2D eigenvalue weighted by molar-refractivity contribution is 7.17. The minimum absolute atomic E-state index is 0.330. The maximum atomic E-state index is 10.9. The fraction of sp³-hybridized carbons (Fsp3) is 0.154. The average molecular weight is 283 g/mol. The zero-order chi connectivity index (χ0) is 13.3. The molecule has 18 heavy (non-hydrogen) atoms. The highest BCUT2D eigenvalue weighted by Gasteiger charge is 2.13. The van der Waals surface area contributed by atoms with Crippen molar-refractivity contribution in [3.8, 4) is 16.2 Å². The quantitative estimate of drug-likeness (QED) is 0.922. The molecule has 0 amide bonds. The van der Waals surface area contributed by atoms with Crippen molar-refractivity contribution in [2.24, 2.45) is 0 Å². The zero-order valence-electron chi connectivity index (χ0n) is 9.86. The van der Waals surface area contributed by atoms with E-state index in [0.717, 1.165) is 16.0 Å². The van der Waals surface area contributed by atoms with Crippen molar-refractivity contribution in [1.29, 1.82) is 0 Å². The Morgan fingerprint density at radius 1 is 1.39 bits per heavy atom. The number of carboxylic acids is 1. The van der Waals surface area contributed by atoms with Gasteiger partial charge in [0, 0.05) is 4.88 Å². The normalized spacial score (nSPS) is 10.4. The number of methoxy groups -OCH3 is 1. The topological polar surface area (TPSA) is 46.5 Å². The van der Waals surface area contributed by atoms with E-state index in [2.05, 4.69) is 0 Å². The van der Waals surface area contributed by atoms with Crippen LogP contribution >= 0.6 is 22.9 Å². The van der Waals surface area contributed by atoms with E-state index < -0.39 is 5.97 Å². The Bertz CT molecular complexity index is 604. The summed E-state index contributed by atoms with van der Waals surface area (Å²) in [7, 11) is 1.55. The van der Waals surface area contributed by atoms with Gasteiger partial charge in [0.15, 0.2) is 0 Å². The van der Waals surface area contributed by atoms with Crippen LogP contribution in [0, 0.1) is 6.92 Å². The van der Waals surface area contributed by atoms with Gasteiger partial charge in [-0.1, -0.05) is 17.7 Å². The van der Waals surface area contributed by atoms with Gasteiger partial charge in [-0.3, -0.25) is 0 Å². The van der Waals surface area contributed by atoms with Crippen LogP contribution in [0.25, 0.3) is 10.4 Å². The highest BCUT2D eigenvalue weighted by atomic mass is 35.5. The molecule has 1 N–H and O–H groups in total. The van der Waals surface area contributed by atoms with Gasteiger partial charge in [0.1, 0.15) is 10.6 Å². The average Bonchev–Trinajstić information content (AvgIpc) is 2.72. The molecule has 0 fully saturated rings. The van der Waals surface area contributed by atoms with Gasteiger partial charge in [-0.05, 0) is 36.2 Å². The lowest BCUT2D eigenvalue weighted by Gasteiger charge is -2.05. The van der Waals surface area contributed by atoms with Crippen LogP contribution in [0.2, 0.25) is 5.02 Å². The molecular weight excluding hydrogens is 272 g/mol. The number of hydrogen-bond acceptors (Lipinski definition) is 3. The molecule has 0 bridgehead atoms. The van der Waals surface area contributed by atoms with Crippen LogP contribution in [0.3, 0.4) is 0 Å². The Morgan fingerprint density at radius 3 is 2.67 bits per heavy atom. The second-order valence-electron chi connectivity index (χ2n) is 3.78. The third kappa shape index (κ3) is 2.35. The van der Waals surface area contributed by atoms with Gasteiger partial charge in [-0.25, -0.2) is 4.79 Å². The smallest absolute Gasteiger partial charge is 0.345 e. The molecule has 1 aromatic carbocycles. The Morgan fingerprint density at radius 2 is 2.11 bits per heavy atom. The van der Waals surface area contributed by atoms with E-state index in [0.29, 0.717) is 15.6 Å². The lowest BCUT2D eigenvalue weighted by atomic mass is 10.1. The van der Waals surface area contributed by atoms with Crippen LogP contribution in [0.4, 0.5) is 0 Å². The van der Waals surface area contributed by atoms with Gasteiger partial charge in [0.2, 0.25) is 0 Å². The summed E-state index contributed by atoms with van der Waals surface area (Å²) in [6, 6.07) is 7.08. The molecule has 1 heterocycles. The molecule has 0 aliphatic carbocycles. The molecular formula is C13H11ClO3S. The largest absolute Gasteiger partial charge is 0.495 e. The fourth-order valence-corrected chi connectivity index (χ4v) is 2.88. The molecule has 0 atom stereocenters. The van der Waals surface area contributed by atoms with E-state index in [1.54, 1.807) is 19.2 Å². The number of hydrogen-bond donors (Lipinski definition) is 1. The standard InChI is InChI=1S/C13H11ClO3S/c1-7-5-11(13(15)16)18-12(7)8-3-4-9(14)10(6-8)17-2/h3-6H,1-2H3,(H,15,16). The van der Waals surface area contributed by atoms with Gasteiger partial charge in [0.25, 0.3) is 0 Å². The molecule has 0 unspecified atom stereocenters. The predicted molar refractivity (Wildman–Crippen MR) is 73.0 cm³/mol. The van der Waals surface area contributed by atoms with E-state index in [9.17, 15) is 4.79 Å². The first-order valence-corrected chi connectivity index (χ1v) is 6.40. The monoisotopic (exact) mass is 282 g/mol. The second kappa shape index (κ2) is 5.00. The van der Waals surface area contributed by atoms with Crippen molar-refractivity contribution in [3.63, 3.8) is 0 Å². The Balaban J connectivity index is 2.51. The highest BCUT2D eigenvalue weighted by Crippen LogP contribution is 2.36. The number of benzene rings is 1. The first kappa shape index (κ1) is 12.9. The predicted octanol–water partition coefficient (Wildman–Crippen LogP) is 4.08. The number of carbonyl (C=O) groups is 1. The maximum absolute atomic E-state index is 10.9. The van der Waals surface area contributed by atoms with Gasteiger partial charge in [-0.15, -0.1) is 11.3 Å². The number of carboxylic acid groups (broad SMARTS) is 1. The molecule has 0 aliphatic rings. The number of aromatic carboxylic acids is 1. The van der Waals surface area contributed by atoms with Crippen LogP contribution in [-0.2, 0) is 0 Å². The first-order chi connectivity index (χ1) is 8.52. The molecule has 5 heteroatoms. The molecule has 94 valence electrons. The van der Waals surface area contributed by atoms with Crippen LogP contribution < -0.4 is 4.74 Å². The number of ether oxygens (including phenoxy) is 1. The van der Waals surface area contributed by atoms with E-state index in [1.165, 1.54) is 11.3 Å². The molecule has 0 spiro atoms. The molecule has 0 aliphatic heterocycles. The SMILES string of the molecule is COc1cc(-c2sc(C(=O)O)cc2C)ccc1Cl. The summed E-state index contributed by atoms with van der Waals surface area (Å²) >= 11 is 7.21. The summed E-state index contributed by atoms with van der Waals surface area (Å²) in [5, 5.41) is 9.52. The summed E-state index contributed by atoms with van der Waals surface area (Å²) in [5.41, 5.74) is 1.84. The summed E-state index contributed by atoms with van der Waals surface area (Å²) in [6.45, 7) is 1.89. The lowest BCUT2D eigenvalue weighted by Crippen LogP contribution is -1.89.